The molecular formula is C26H22BrFN4O3. The highest BCUT2D eigenvalue weighted by atomic mass is 79.9. The summed E-state index contributed by atoms with van der Waals surface area (Å²) in [6, 6.07) is 10.2. The van der Waals surface area contributed by atoms with Gasteiger partial charge in [0.1, 0.15) is 23.1 Å². The van der Waals surface area contributed by atoms with Crippen LogP contribution in [0.2, 0.25) is 0 Å². The summed E-state index contributed by atoms with van der Waals surface area (Å²) in [4.78, 5) is 16.2. The molecule has 5 rings (SSSR count). The van der Waals surface area contributed by atoms with Gasteiger partial charge in [-0.3, -0.25) is 4.79 Å². The zero-order valence-electron chi connectivity index (χ0n) is 18.9. The van der Waals surface area contributed by atoms with Gasteiger partial charge in [0.15, 0.2) is 6.17 Å². The molecule has 2 aromatic heterocycles. The average Bonchev–Trinajstić information content (AvgIpc) is 3.41. The van der Waals surface area contributed by atoms with E-state index >= 15 is 0 Å². The summed E-state index contributed by atoms with van der Waals surface area (Å²) in [5.74, 6) is 0.485. The Kier molecular flexibility index (Phi) is 5.72. The predicted octanol–water partition coefficient (Wildman–Crippen LogP) is 5.75. The summed E-state index contributed by atoms with van der Waals surface area (Å²) in [5, 5.41) is 14.9. The van der Waals surface area contributed by atoms with Crippen LogP contribution in [0.1, 0.15) is 28.5 Å². The zero-order chi connectivity index (χ0) is 24.9. The number of aromatic nitrogens is 3. The molecule has 0 amide bonds. The fraction of sp³-hybridized carbons (Fsp3) is 0.154. The van der Waals surface area contributed by atoms with Gasteiger partial charge in [0.05, 0.1) is 27.6 Å². The molecule has 1 aliphatic rings. The number of rotatable bonds is 5. The molecule has 1 aliphatic carbocycles. The van der Waals surface area contributed by atoms with E-state index in [1.54, 1.807) is 55.5 Å². The number of nitrogens with zero attached hydrogens (tertiary/aromatic N) is 2. The minimum absolute atomic E-state index is 0.0819. The summed E-state index contributed by atoms with van der Waals surface area (Å²) in [6.07, 6.45) is 5.43. The van der Waals surface area contributed by atoms with Crippen LogP contribution in [0.25, 0.3) is 16.6 Å². The van der Waals surface area contributed by atoms with Crippen LogP contribution in [0.5, 0.6) is 11.5 Å². The van der Waals surface area contributed by atoms with Crippen molar-refractivity contribution in [3.63, 3.8) is 0 Å². The molecule has 2 heterocycles. The summed E-state index contributed by atoms with van der Waals surface area (Å²) in [5.41, 5.74) is 8.98. The maximum Gasteiger partial charge on any atom is 0.214 e. The molecule has 0 fully saturated rings. The molecule has 0 bridgehead atoms. The van der Waals surface area contributed by atoms with Gasteiger partial charge in [-0.2, -0.15) is 5.10 Å². The molecule has 35 heavy (non-hydrogen) atoms. The van der Waals surface area contributed by atoms with E-state index in [0.29, 0.717) is 32.5 Å². The van der Waals surface area contributed by atoms with Crippen LogP contribution in [0, 0.1) is 12.8 Å². The van der Waals surface area contributed by atoms with E-state index < -0.39 is 6.17 Å². The number of aromatic amines is 1. The standard InChI is InChI=1S/C26H22BrFN4O3/c1-13-4-3-5-23(24(13)28)35-22-7-6-16(8-14(22)2)32-26(29)17(12-30-32)25(34)20-9-15-10-21(33)18(27)11-19(15)31-20/h3-13,24,31,33H,29H2,1-2H3. The number of alkyl halides is 1. The number of hydrogen-bond donors (Lipinski definition) is 3. The summed E-state index contributed by atoms with van der Waals surface area (Å²) in [6.45, 7) is 3.64. The van der Waals surface area contributed by atoms with Crippen LogP contribution < -0.4 is 10.5 Å². The van der Waals surface area contributed by atoms with Crippen molar-refractivity contribution in [3.05, 3.63) is 87.9 Å². The van der Waals surface area contributed by atoms with E-state index in [9.17, 15) is 14.3 Å². The molecule has 4 aromatic rings. The second-order valence-corrected chi connectivity index (χ2v) is 9.38. The number of allylic oxidation sites excluding steroid dienone is 4. The molecule has 2 atom stereocenters. The molecule has 178 valence electrons. The predicted molar refractivity (Wildman–Crippen MR) is 136 cm³/mol. The van der Waals surface area contributed by atoms with Gasteiger partial charge in [-0.1, -0.05) is 19.1 Å². The van der Waals surface area contributed by atoms with Crippen LogP contribution in [0.15, 0.2) is 71.1 Å². The third kappa shape index (κ3) is 4.12. The Labute approximate surface area is 208 Å². The second kappa shape index (κ2) is 8.74. The first-order chi connectivity index (χ1) is 16.7. The van der Waals surface area contributed by atoms with Crippen molar-refractivity contribution in [3.8, 4) is 17.2 Å². The van der Waals surface area contributed by atoms with Crippen LogP contribution in [0.4, 0.5) is 10.2 Å². The SMILES string of the molecule is Cc1cc(-n2ncc(C(=O)c3cc4cc(O)c(Br)cc4[nH]3)c2N)ccc1OC1=CC=CC(C)C1F. The number of phenols is 1. The van der Waals surface area contributed by atoms with Crippen LogP contribution in [0.3, 0.4) is 0 Å². The van der Waals surface area contributed by atoms with Crippen LogP contribution >= 0.6 is 15.9 Å². The first-order valence-corrected chi connectivity index (χ1v) is 11.7. The fourth-order valence-electron chi connectivity index (χ4n) is 4.02. The number of fused-ring (bicyclic) bond motifs is 1. The highest BCUT2D eigenvalue weighted by Gasteiger charge is 2.24. The Hall–Kier alpha value is -3.85. The largest absolute Gasteiger partial charge is 0.507 e. The van der Waals surface area contributed by atoms with Gasteiger partial charge in [-0.25, -0.2) is 9.07 Å². The van der Waals surface area contributed by atoms with Gasteiger partial charge in [-0.15, -0.1) is 0 Å². The summed E-state index contributed by atoms with van der Waals surface area (Å²) >= 11 is 3.27. The molecule has 7 nitrogen and oxygen atoms in total. The number of aryl methyl sites for hydroxylation is 1. The third-order valence-electron chi connectivity index (χ3n) is 6.02. The Morgan fingerprint density at radius 3 is 2.86 bits per heavy atom. The Morgan fingerprint density at radius 1 is 1.29 bits per heavy atom. The number of ether oxygens (including phenoxy) is 1. The quantitative estimate of drug-likeness (QED) is 0.281. The second-order valence-electron chi connectivity index (χ2n) is 8.52. The Morgan fingerprint density at radius 2 is 2.09 bits per heavy atom. The van der Waals surface area contributed by atoms with E-state index in [4.69, 9.17) is 10.5 Å². The van der Waals surface area contributed by atoms with Crippen molar-refractivity contribution in [1.29, 1.82) is 0 Å². The molecule has 0 spiro atoms. The van der Waals surface area contributed by atoms with Crippen molar-refractivity contribution < 1.29 is 19.0 Å². The highest BCUT2D eigenvalue weighted by Crippen LogP contribution is 2.32. The highest BCUT2D eigenvalue weighted by molar-refractivity contribution is 9.10. The van der Waals surface area contributed by atoms with Gasteiger partial charge in [-0.05, 0) is 70.9 Å². The minimum Gasteiger partial charge on any atom is -0.507 e. The van der Waals surface area contributed by atoms with Crippen molar-refractivity contribution >= 4 is 38.4 Å². The van der Waals surface area contributed by atoms with E-state index in [-0.39, 0.29) is 34.6 Å². The molecule has 0 aliphatic heterocycles. The van der Waals surface area contributed by atoms with E-state index in [2.05, 4.69) is 26.0 Å². The molecular weight excluding hydrogens is 515 g/mol. The van der Waals surface area contributed by atoms with Crippen LogP contribution in [-0.4, -0.2) is 31.8 Å². The maximum absolute atomic E-state index is 14.5. The number of phenolic OH excluding ortho intramolecular Hbond substituents is 1. The molecule has 0 radical (unpaired) electrons. The van der Waals surface area contributed by atoms with Gasteiger partial charge in [0.2, 0.25) is 5.78 Å². The van der Waals surface area contributed by atoms with Crippen LogP contribution in [-0.2, 0) is 0 Å². The molecule has 9 heteroatoms. The summed E-state index contributed by atoms with van der Waals surface area (Å²) < 4.78 is 22.3. The van der Waals surface area contributed by atoms with Crippen molar-refractivity contribution in [2.75, 3.05) is 5.73 Å². The third-order valence-corrected chi connectivity index (χ3v) is 6.66. The number of halogens is 2. The smallest absolute Gasteiger partial charge is 0.214 e. The lowest BCUT2D eigenvalue weighted by Gasteiger charge is -2.21. The monoisotopic (exact) mass is 536 g/mol. The molecule has 0 saturated carbocycles. The van der Waals surface area contributed by atoms with E-state index in [0.717, 1.165) is 5.56 Å². The fourth-order valence-corrected chi connectivity index (χ4v) is 4.36. The van der Waals surface area contributed by atoms with E-state index in [1.165, 1.54) is 10.9 Å². The summed E-state index contributed by atoms with van der Waals surface area (Å²) in [7, 11) is 0. The number of carbonyl (C=O) groups excluding carboxylic acids is 1. The van der Waals surface area contributed by atoms with Gasteiger partial charge >= 0.3 is 0 Å². The first kappa shape index (κ1) is 22.9. The first-order valence-electron chi connectivity index (χ1n) is 10.9. The number of benzene rings is 2. The molecule has 2 unspecified atom stereocenters. The Balaban J connectivity index is 1.41. The Bertz CT molecular complexity index is 1500. The number of nitrogen functional groups attached to an aromatic ring is 1. The van der Waals surface area contributed by atoms with Gasteiger partial charge in [0, 0.05) is 16.8 Å². The lowest BCUT2D eigenvalue weighted by molar-refractivity contribution is 0.103. The van der Waals surface area contributed by atoms with Gasteiger partial charge < -0.3 is 20.6 Å². The molecule has 0 saturated heterocycles. The number of nitrogens with two attached hydrogens (primary N) is 1. The topological polar surface area (TPSA) is 106 Å². The number of nitrogens with one attached hydrogen (secondary N) is 1. The minimum atomic E-state index is -1.20. The number of carbonyl (C=O) groups is 1. The maximum atomic E-state index is 14.5. The zero-order valence-corrected chi connectivity index (χ0v) is 20.5. The molecule has 2 aromatic carbocycles. The normalized spacial score (nSPS) is 17.5. The number of H-pyrrole nitrogens is 1. The van der Waals surface area contributed by atoms with E-state index in [1.807, 2.05) is 13.0 Å². The lowest BCUT2D eigenvalue weighted by atomic mass is 9.99. The number of ketones is 1. The van der Waals surface area contributed by atoms with Crippen molar-refractivity contribution in [2.24, 2.45) is 5.92 Å². The number of anilines is 1. The van der Waals surface area contributed by atoms with Crippen molar-refractivity contribution in [1.82, 2.24) is 14.8 Å². The number of hydrogen-bond acceptors (Lipinski definition) is 5. The van der Waals surface area contributed by atoms with Crippen molar-refractivity contribution in [2.45, 2.75) is 20.0 Å². The van der Waals surface area contributed by atoms with Gasteiger partial charge in [0.25, 0.3) is 0 Å². The average molecular weight is 537 g/mol. The number of aromatic hydroxyl groups is 1. The lowest BCUT2D eigenvalue weighted by Crippen LogP contribution is -2.20. The molecule has 4 N–H and O–H groups in total.